The molecule has 0 bridgehead atoms. The van der Waals surface area contributed by atoms with E-state index in [0.717, 1.165) is 38.8 Å². The maximum atomic E-state index is 11.8. The predicted octanol–water partition coefficient (Wildman–Crippen LogP) is 0.783. The molecule has 2 rings (SSSR count). The topological polar surface area (TPSA) is 32.3 Å². The number of nitrogens with one attached hydrogen (secondary N) is 1. The molecule has 2 aliphatic heterocycles. The summed E-state index contributed by atoms with van der Waals surface area (Å²) in [6, 6.07) is 0. The van der Waals surface area contributed by atoms with Gasteiger partial charge >= 0.3 is 0 Å². The highest BCUT2D eigenvalue weighted by atomic mass is 35.5. The Morgan fingerprint density at radius 1 is 1.38 bits per heavy atom. The summed E-state index contributed by atoms with van der Waals surface area (Å²) >= 11 is 0. The highest BCUT2D eigenvalue weighted by molar-refractivity contribution is 5.87. The fraction of sp³-hybridized carbons (Fsp3) is 0.889. The van der Waals surface area contributed by atoms with Crippen LogP contribution in [0.4, 0.5) is 0 Å². The summed E-state index contributed by atoms with van der Waals surface area (Å²) in [6.45, 7) is 1.95. The number of nitrogens with zero attached hydrogens (tertiary/aromatic N) is 1. The van der Waals surface area contributed by atoms with Crippen LogP contribution in [-0.2, 0) is 4.79 Å². The quantitative estimate of drug-likeness (QED) is 0.633. The van der Waals surface area contributed by atoms with Crippen LogP contribution in [0.2, 0.25) is 0 Å². The van der Waals surface area contributed by atoms with Crippen LogP contribution in [-0.4, -0.2) is 36.5 Å². The van der Waals surface area contributed by atoms with Gasteiger partial charge in [0, 0.05) is 13.6 Å². The minimum absolute atomic E-state index is 0. The Balaban J connectivity index is 0.000000845. The maximum Gasteiger partial charge on any atom is 0.242 e. The second kappa shape index (κ2) is 3.84. The normalized spacial score (nSPS) is 33.6. The van der Waals surface area contributed by atoms with Crippen LogP contribution in [0.5, 0.6) is 0 Å². The van der Waals surface area contributed by atoms with Crippen LogP contribution in [0.15, 0.2) is 0 Å². The van der Waals surface area contributed by atoms with Crippen molar-refractivity contribution in [3.8, 4) is 0 Å². The Bertz CT molecular complexity index is 202. The van der Waals surface area contributed by atoms with E-state index in [-0.39, 0.29) is 17.9 Å². The number of hydrogen-bond acceptors (Lipinski definition) is 2. The SMILES string of the molecule is CN1CCCC2(CCCN2)C1=O.Cl. The molecule has 1 N–H and O–H groups in total. The number of amides is 1. The molecule has 3 nitrogen and oxygen atoms in total. The summed E-state index contributed by atoms with van der Waals surface area (Å²) < 4.78 is 0. The second-order valence-electron chi connectivity index (χ2n) is 3.94. The minimum atomic E-state index is -0.160. The molecule has 0 aliphatic carbocycles. The molecule has 1 spiro atoms. The van der Waals surface area contributed by atoms with E-state index in [2.05, 4.69) is 5.32 Å². The molecule has 2 heterocycles. The van der Waals surface area contributed by atoms with Gasteiger partial charge in [-0.3, -0.25) is 4.79 Å². The van der Waals surface area contributed by atoms with Gasteiger partial charge in [-0.2, -0.15) is 0 Å². The summed E-state index contributed by atoms with van der Waals surface area (Å²) in [5, 5.41) is 3.36. The van der Waals surface area contributed by atoms with Gasteiger partial charge in [-0.1, -0.05) is 0 Å². The fourth-order valence-electron chi connectivity index (χ4n) is 2.39. The number of carbonyl (C=O) groups excluding carboxylic acids is 1. The smallest absolute Gasteiger partial charge is 0.242 e. The number of likely N-dealkylation sites (N-methyl/N-ethyl adjacent to an activating group) is 1. The summed E-state index contributed by atoms with van der Waals surface area (Å²) in [5.74, 6) is 0.311. The average Bonchev–Trinajstić information content (AvgIpc) is 2.50. The third-order valence-electron chi connectivity index (χ3n) is 3.10. The molecule has 0 radical (unpaired) electrons. The molecule has 2 fully saturated rings. The molecule has 76 valence electrons. The van der Waals surface area contributed by atoms with E-state index < -0.39 is 0 Å². The van der Waals surface area contributed by atoms with Crippen LogP contribution in [0.1, 0.15) is 25.7 Å². The molecule has 13 heavy (non-hydrogen) atoms. The van der Waals surface area contributed by atoms with Crippen LogP contribution in [0.25, 0.3) is 0 Å². The molecular weight excluding hydrogens is 188 g/mol. The monoisotopic (exact) mass is 204 g/mol. The van der Waals surface area contributed by atoms with Crippen LogP contribution in [0.3, 0.4) is 0 Å². The molecule has 0 saturated carbocycles. The van der Waals surface area contributed by atoms with Gasteiger partial charge in [0.15, 0.2) is 0 Å². The third-order valence-corrected chi connectivity index (χ3v) is 3.10. The summed E-state index contributed by atoms with van der Waals surface area (Å²) in [7, 11) is 1.91. The summed E-state index contributed by atoms with van der Waals surface area (Å²) in [4.78, 5) is 13.7. The zero-order chi connectivity index (χ0) is 8.60. The molecule has 2 aliphatic rings. The number of hydrogen-bond donors (Lipinski definition) is 1. The Hall–Kier alpha value is -0.280. The molecule has 4 heteroatoms. The average molecular weight is 205 g/mol. The Morgan fingerprint density at radius 2 is 2.08 bits per heavy atom. The van der Waals surface area contributed by atoms with E-state index in [9.17, 15) is 4.79 Å². The fourth-order valence-corrected chi connectivity index (χ4v) is 2.39. The molecule has 1 unspecified atom stereocenters. The highest BCUT2D eigenvalue weighted by Crippen LogP contribution is 2.29. The van der Waals surface area contributed by atoms with E-state index in [1.54, 1.807) is 0 Å². The summed E-state index contributed by atoms with van der Waals surface area (Å²) in [5.41, 5.74) is -0.160. The van der Waals surface area contributed by atoms with Crippen molar-refractivity contribution in [2.75, 3.05) is 20.1 Å². The Kier molecular flexibility index (Phi) is 3.19. The first-order valence-electron chi connectivity index (χ1n) is 4.75. The minimum Gasteiger partial charge on any atom is -0.344 e. The number of likely N-dealkylation sites (tertiary alicyclic amines) is 1. The van der Waals surface area contributed by atoms with Gasteiger partial charge in [0.25, 0.3) is 0 Å². The third kappa shape index (κ3) is 1.67. The largest absolute Gasteiger partial charge is 0.344 e. The van der Waals surface area contributed by atoms with Gasteiger partial charge in [-0.05, 0) is 32.2 Å². The van der Waals surface area contributed by atoms with Gasteiger partial charge in [0.1, 0.15) is 0 Å². The van der Waals surface area contributed by atoms with Gasteiger partial charge in [0.05, 0.1) is 5.54 Å². The van der Waals surface area contributed by atoms with Gasteiger partial charge in [0.2, 0.25) is 5.91 Å². The van der Waals surface area contributed by atoms with Crippen molar-refractivity contribution in [3.05, 3.63) is 0 Å². The summed E-state index contributed by atoms with van der Waals surface area (Å²) in [6.07, 6.45) is 4.38. The standard InChI is InChI=1S/C9H16N2O.ClH/c1-11-7-3-5-9(8(11)12)4-2-6-10-9;/h10H,2-7H2,1H3;1H. The maximum absolute atomic E-state index is 11.8. The Morgan fingerprint density at radius 3 is 2.69 bits per heavy atom. The molecule has 1 atom stereocenters. The lowest BCUT2D eigenvalue weighted by Crippen LogP contribution is -2.57. The van der Waals surface area contributed by atoms with Crippen molar-refractivity contribution in [1.29, 1.82) is 0 Å². The molecular formula is C9H17ClN2O. The zero-order valence-electron chi connectivity index (χ0n) is 8.01. The van der Waals surface area contributed by atoms with Crippen LogP contribution < -0.4 is 5.32 Å². The second-order valence-corrected chi connectivity index (χ2v) is 3.94. The van der Waals surface area contributed by atoms with E-state index in [1.807, 2.05) is 11.9 Å². The molecule has 2 saturated heterocycles. The van der Waals surface area contributed by atoms with Gasteiger partial charge in [-0.25, -0.2) is 0 Å². The number of piperidine rings is 1. The van der Waals surface area contributed by atoms with Crippen molar-refractivity contribution in [2.24, 2.45) is 0 Å². The van der Waals surface area contributed by atoms with E-state index in [1.165, 1.54) is 0 Å². The lowest BCUT2D eigenvalue weighted by atomic mass is 9.87. The van der Waals surface area contributed by atoms with E-state index in [4.69, 9.17) is 0 Å². The predicted molar refractivity (Wildman–Crippen MR) is 54.1 cm³/mol. The van der Waals surface area contributed by atoms with Crippen molar-refractivity contribution < 1.29 is 4.79 Å². The van der Waals surface area contributed by atoms with Crippen molar-refractivity contribution in [2.45, 2.75) is 31.2 Å². The molecule has 0 aromatic rings. The van der Waals surface area contributed by atoms with Crippen molar-refractivity contribution in [1.82, 2.24) is 10.2 Å². The number of halogens is 1. The number of rotatable bonds is 0. The number of carbonyl (C=O) groups is 1. The highest BCUT2D eigenvalue weighted by Gasteiger charge is 2.44. The van der Waals surface area contributed by atoms with Crippen LogP contribution in [0, 0.1) is 0 Å². The lowest BCUT2D eigenvalue weighted by Gasteiger charge is -2.37. The van der Waals surface area contributed by atoms with Crippen LogP contribution >= 0.6 is 12.4 Å². The Labute approximate surface area is 85.3 Å². The van der Waals surface area contributed by atoms with E-state index in [0.29, 0.717) is 5.91 Å². The van der Waals surface area contributed by atoms with Gasteiger partial charge < -0.3 is 10.2 Å². The van der Waals surface area contributed by atoms with Crippen molar-refractivity contribution >= 4 is 18.3 Å². The van der Waals surface area contributed by atoms with Crippen molar-refractivity contribution in [3.63, 3.8) is 0 Å². The lowest BCUT2D eigenvalue weighted by molar-refractivity contribution is -0.139. The molecule has 1 amide bonds. The first kappa shape index (κ1) is 10.8. The van der Waals surface area contributed by atoms with Gasteiger partial charge in [-0.15, -0.1) is 12.4 Å². The molecule has 0 aromatic carbocycles. The first-order chi connectivity index (χ1) is 5.75. The first-order valence-corrected chi connectivity index (χ1v) is 4.75. The molecule has 0 aromatic heterocycles. The van der Waals surface area contributed by atoms with E-state index >= 15 is 0 Å². The zero-order valence-corrected chi connectivity index (χ0v) is 8.82.